The lowest BCUT2D eigenvalue weighted by molar-refractivity contribution is 0.628. The van der Waals surface area contributed by atoms with Crippen LogP contribution in [0.25, 0.3) is 0 Å². The van der Waals surface area contributed by atoms with Crippen LogP contribution in [0.5, 0.6) is 0 Å². The highest BCUT2D eigenvalue weighted by atomic mass is 35.5. The molecule has 1 aromatic carbocycles. The lowest BCUT2D eigenvalue weighted by atomic mass is 10.3. The molecule has 0 saturated heterocycles. The average Bonchev–Trinajstić information content (AvgIpc) is 2.69. The van der Waals surface area contributed by atoms with Crippen LogP contribution in [-0.2, 0) is 0 Å². The number of hydrogen-bond acceptors (Lipinski definition) is 4. The Balaban J connectivity index is 2.37. The van der Waals surface area contributed by atoms with Gasteiger partial charge in [-0.15, -0.1) is 0 Å². The van der Waals surface area contributed by atoms with Crippen molar-refractivity contribution < 1.29 is 4.39 Å². The Morgan fingerprint density at radius 3 is 2.50 bits per heavy atom. The first-order valence-electron chi connectivity index (χ1n) is 4.73. The van der Waals surface area contributed by atoms with Gasteiger partial charge in [-0.2, -0.15) is 8.75 Å². The van der Waals surface area contributed by atoms with Crippen LogP contribution in [-0.4, -0.2) is 15.3 Å². The van der Waals surface area contributed by atoms with E-state index in [0.717, 1.165) is 17.4 Å². The fraction of sp³-hybridized carbons (Fsp3) is 0.200. The standard InChI is InChI=1S/C10H9ClFN3S/c1-2-15(10-9(11)13-16-14-10)8-5-3-7(12)4-6-8/h3-6H,2H2,1H3. The van der Waals surface area contributed by atoms with Gasteiger partial charge in [0.05, 0.1) is 11.7 Å². The monoisotopic (exact) mass is 257 g/mol. The van der Waals surface area contributed by atoms with E-state index < -0.39 is 0 Å². The molecule has 0 N–H and O–H groups in total. The van der Waals surface area contributed by atoms with Gasteiger partial charge in [0.2, 0.25) is 0 Å². The van der Waals surface area contributed by atoms with E-state index in [2.05, 4.69) is 8.75 Å². The van der Waals surface area contributed by atoms with E-state index in [-0.39, 0.29) is 5.82 Å². The van der Waals surface area contributed by atoms with Crippen molar-refractivity contribution in [1.82, 2.24) is 8.75 Å². The summed E-state index contributed by atoms with van der Waals surface area (Å²) in [5, 5.41) is 0.371. The predicted molar refractivity (Wildman–Crippen MR) is 64.0 cm³/mol. The Labute approximate surface area is 102 Å². The number of nitrogens with zero attached hydrogens (tertiary/aromatic N) is 3. The average molecular weight is 258 g/mol. The molecule has 84 valence electrons. The lowest BCUT2D eigenvalue weighted by Gasteiger charge is -2.20. The molecule has 0 aliphatic heterocycles. The van der Waals surface area contributed by atoms with Crippen molar-refractivity contribution in [2.75, 3.05) is 11.4 Å². The van der Waals surface area contributed by atoms with Gasteiger partial charge in [0, 0.05) is 12.2 Å². The van der Waals surface area contributed by atoms with Crippen LogP contribution in [0.4, 0.5) is 15.9 Å². The van der Waals surface area contributed by atoms with Crippen molar-refractivity contribution in [3.05, 3.63) is 35.2 Å². The molecule has 0 amide bonds. The number of hydrogen-bond donors (Lipinski definition) is 0. The molecule has 0 fully saturated rings. The molecule has 1 heterocycles. The highest BCUT2D eigenvalue weighted by molar-refractivity contribution is 6.99. The molecule has 3 nitrogen and oxygen atoms in total. The predicted octanol–water partition coefficient (Wildman–Crippen LogP) is 3.49. The lowest BCUT2D eigenvalue weighted by Crippen LogP contribution is -2.16. The van der Waals surface area contributed by atoms with Crippen molar-refractivity contribution in [2.24, 2.45) is 0 Å². The second kappa shape index (κ2) is 4.76. The van der Waals surface area contributed by atoms with E-state index in [1.54, 1.807) is 12.1 Å². The fourth-order valence-corrected chi connectivity index (χ4v) is 2.15. The Morgan fingerprint density at radius 2 is 2.00 bits per heavy atom. The van der Waals surface area contributed by atoms with Crippen molar-refractivity contribution in [2.45, 2.75) is 6.92 Å². The molecule has 0 saturated carbocycles. The summed E-state index contributed by atoms with van der Waals surface area (Å²) in [6.45, 7) is 2.66. The number of rotatable bonds is 3. The number of aromatic nitrogens is 2. The van der Waals surface area contributed by atoms with Crippen LogP contribution < -0.4 is 4.90 Å². The summed E-state index contributed by atoms with van der Waals surface area (Å²) < 4.78 is 20.8. The Kier molecular flexibility index (Phi) is 3.36. The highest BCUT2D eigenvalue weighted by Crippen LogP contribution is 2.29. The van der Waals surface area contributed by atoms with Crippen molar-refractivity contribution >= 4 is 34.8 Å². The smallest absolute Gasteiger partial charge is 0.187 e. The maximum atomic E-state index is 12.8. The Hall–Kier alpha value is -1.20. The Bertz CT molecular complexity index is 471. The summed E-state index contributed by atoms with van der Waals surface area (Å²) >= 11 is 6.98. The summed E-state index contributed by atoms with van der Waals surface area (Å²) in [7, 11) is 0. The zero-order valence-electron chi connectivity index (χ0n) is 8.52. The van der Waals surface area contributed by atoms with Crippen LogP contribution in [0.1, 0.15) is 6.92 Å². The first-order valence-corrected chi connectivity index (χ1v) is 5.84. The minimum Gasteiger partial charge on any atom is -0.323 e. The van der Waals surface area contributed by atoms with E-state index in [9.17, 15) is 4.39 Å². The summed E-state index contributed by atoms with van der Waals surface area (Å²) in [4.78, 5) is 1.88. The number of halogens is 2. The van der Waals surface area contributed by atoms with Gasteiger partial charge in [0.15, 0.2) is 11.0 Å². The summed E-state index contributed by atoms with van der Waals surface area (Å²) in [5.41, 5.74) is 0.846. The van der Waals surface area contributed by atoms with E-state index in [0.29, 0.717) is 17.5 Å². The van der Waals surface area contributed by atoms with Gasteiger partial charge in [-0.3, -0.25) is 0 Å². The van der Waals surface area contributed by atoms with E-state index in [1.165, 1.54) is 12.1 Å². The van der Waals surface area contributed by atoms with Gasteiger partial charge in [-0.25, -0.2) is 4.39 Å². The maximum absolute atomic E-state index is 12.8. The molecule has 16 heavy (non-hydrogen) atoms. The molecule has 2 rings (SSSR count). The normalized spacial score (nSPS) is 10.4. The molecule has 0 aliphatic rings. The van der Waals surface area contributed by atoms with E-state index in [4.69, 9.17) is 11.6 Å². The zero-order chi connectivity index (χ0) is 11.5. The van der Waals surface area contributed by atoms with Gasteiger partial charge < -0.3 is 4.90 Å². The maximum Gasteiger partial charge on any atom is 0.187 e. The largest absolute Gasteiger partial charge is 0.323 e. The first kappa shape index (κ1) is 11.3. The molecule has 0 atom stereocenters. The second-order valence-electron chi connectivity index (χ2n) is 3.10. The molecule has 0 aliphatic carbocycles. The minimum absolute atomic E-state index is 0.262. The van der Waals surface area contributed by atoms with Crippen LogP contribution in [0, 0.1) is 5.82 Å². The summed E-state index contributed by atoms with van der Waals surface area (Å²) in [6.07, 6.45) is 0. The molecule has 0 bridgehead atoms. The fourth-order valence-electron chi connectivity index (χ4n) is 1.41. The SMILES string of the molecule is CCN(c1ccc(F)cc1)c1nsnc1Cl. The van der Waals surface area contributed by atoms with Crippen LogP contribution in [0.3, 0.4) is 0 Å². The zero-order valence-corrected chi connectivity index (χ0v) is 10.1. The topological polar surface area (TPSA) is 29.0 Å². The van der Waals surface area contributed by atoms with Crippen molar-refractivity contribution in [3.8, 4) is 0 Å². The van der Waals surface area contributed by atoms with E-state index in [1.807, 2.05) is 11.8 Å². The summed E-state index contributed by atoms with van der Waals surface area (Å²) in [5.74, 6) is 0.350. The first-order chi connectivity index (χ1) is 7.72. The van der Waals surface area contributed by atoms with Gasteiger partial charge in [-0.1, -0.05) is 11.6 Å². The number of benzene rings is 1. The van der Waals surface area contributed by atoms with Crippen molar-refractivity contribution in [3.63, 3.8) is 0 Å². The van der Waals surface area contributed by atoms with Crippen LogP contribution >= 0.6 is 23.3 Å². The molecule has 0 unspecified atom stereocenters. The summed E-state index contributed by atoms with van der Waals surface area (Å²) in [6, 6.07) is 6.19. The third kappa shape index (κ3) is 2.15. The van der Waals surface area contributed by atoms with Gasteiger partial charge in [0.1, 0.15) is 5.82 Å². The van der Waals surface area contributed by atoms with Gasteiger partial charge >= 0.3 is 0 Å². The third-order valence-corrected chi connectivity index (χ3v) is 3.02. The molecule has 0 spiro atoms. The van der Waals surface area contributed by atoms with Gasteiger partial charge in [-0.05, 0) is 31.2 Å². The van der Waals surface area contributed by atoms with Gasteiger partial charge in [0.25, 0.3) is 0 Å². The van der Waals surface area contributed by atoms with Crippen LogP contribution in [0.15, 0.2) is 24.3 Å². The molecular formula is C10H9ClFN3S. The highest BCUT2D eigenvalue weighted by Gasteiger charge is 2.14. The van der Waals surface area contributed by atoms with Crippen LogP contribution in [0.2, 0.25) is 5.15 Å². The Morgan fingerprint density at radius 1 is 1.31 bits per heavy atom. The quantitative estimate of drug-likeness (QED) is 0.843. The molecule has 0 radical (unpaired) electrons. The van der Waals surface area contributed by atoms with E-state index >= 15 is 0 Å². The minimum atomic E-state index is -0.262. The molecule has 2 aromatic rings. The third-order valence-electron chi connectivity index (χ3n) is 2.14. The molecule has 6 heteroatoms. The molecular weight excluding hydrogens is 249 g/mol. The second-order valence-corrected chi connectivity index (χ2v) is 3.99. The number of anilines is 2. The van der Waals surface area contributed by atoms with Crippen molar-refractivity contribution in [1.29, 1.82) is 0 Å². The molecule has 1 aromatic heterocycles.